The number of aromatic nitrogens is 4. The first-order valence-corrected chi connectivity index (χ1v) is 9.21. The average Bonchev–Trinajstić information content (AvgIpc) is 3.29. The van der Waals surface area contributed by atoms with Crippen molar-refractivity contribution in [3.05, 3.63) is 60.7 Å². The maximum absolute atomic E-state index is 12.7. The Kier molecular flexibility index (Phi) is 4.98. The molecule has 0 unspecified atom stereocenters. The quantitative estimate of drug-likeness (QED) is 0.410. The first-order valence-electron chi connectivity index (χ1n) is 9.21. The highest BCUT2D eigenvalue weighted by Crippen LogP contribution is 2.45. The van der Waals surface area contributed by atoms with E-state index in [1.54, 1.807) is 37.3 Å². The van der Waals surface area contributed by atoms with Crippen molar-refractivity contribution in [2.45, 2.75) is 31.0 Å². The highest BCUT2D eigenvalue weighted by Gasteiger charge is 2.59. The molecule has 3 aromatic rings. The Bertz CT molecular complexity index is 1100. The normalized spacial score (nSPS) is 26.0. The summed E-state index contributed by atoms with van der Waals surface area (Å²) < 4.78 is 13.0. The largest absolute Gasteiger partial charge is 0.452 e. The molecular formula is C20H21N5O5. The maximum Gasteiger partial charge on any atom is 0.338 e. The minimum absolute atomic E-state index is 0.168. The Hall–Kier alpha value is -3.34. The number of aliphatic hydroxyl groups is 2. The Labute approximate surface area is 171 Å². The summed E-state index contributed by atoms with van der Waals surface area (Å²) in [5.74, 6) is -0.494. The van der Waals surface area contributed by atoms with E-state index in [-0.39, 0.29) is 11.4 Å². The van der Waals surface area contributed by atoms with Crippen LogP contribution in [0.25, 0.3) is 11.2 Å². The number of esters is 1. The van der Waals surface area contributed by atoms with Crippen molar-refractivity contribution in [1.82, 2.24) is 19.5 Å². The van der Waals surface area contributed by atoms with E-state index in [2.05, 4.69) is 21.5 Å². The van der Waals surface area contributed by atoms with Gasteiger partial charge in [0.05, 0.1) is 18.5 Å². The lowest BCUT2D eigenvalue weighted by molar-refractivity contribution is -0.0857. The van der Waals surface area contributed by atoms with Crippen LogP contribution in [-0.4, -0.2) is 60.1 Å². The van der Waals surface area contributed by atoms with Crippen molar-refractivity contribution >= 4 is 23.0 Å². The van der Waals surface area contributed by atoms with Gasteiger partial charge in [0.15, 0.2) is 29.4 Å². The first-order chi connectivity index (χ1) is 14.4. The molecule has 2 aromatic heterocycles. The number of fused-ring (bicyclic) bond motifs is 1. The predicted molar refractivity (Wildman–Crippen MR) is 106 cm³/mol. The van der Waals surface area contributed by atoms with Gasteiger partial charge in [-0.05, 0) is 24.6 Å². The second kappa shape index (κ2) is 7.48. The van der Waals surface area contributed by atoms with Crippen molar-refractivity contribution in [3.63, 3.8) is 0 Å². The molecule has 3 heterocycles. The zero-order valence-electron chi connectivity index (χ0n) is 16.2. The van der Waals surface area contributed by atoms with Gasteiger partial charge in [0.1, 0.15) is 17.9 Å². The molecule has 0 bridgehead atoms. The van der Waals surface area contributed by atoms with Crippen molar-refractivity contribution in [2.24, 2.45) is 0 Å². The molecule has 0 amide bonds. The van der Waals surface area contributed by atoms with Crippen LogP contribution >= 0.6 is 0 Å². The van der Waals surface area contributed by atoms with Gasteiger partial charge < -0.3 is 25.4 Å². The van der Waals surface area contributed by atoms with Crippen molar-refractivity contribution < 1.29 is 24.5 Å². The number of carbonyl (C=O) groups is 1. The Morgan fingerprint density at radius 3 is 2.73 bits per heavy atom. The van der Waals surface area contributed by atoms with E-state index in [4.69, 9.17) is 15.2 Å². The molecule has 0 spiro atoms. The van der Waals surface area contributed by atoms with E-state index in [0.29, 0.717) is 16.7 Å². The molecule has 4 N–H and O–H groups in total. The number of anilines is 1. The molecule has 1 saturated heterocycles. The van der Waals surface area contributed by atoms with Crippen LogP contribution in [-0.2, 0) is 9.47 Å². The topological polar surface area (TPSA) is 146 Å². The van der Waals surface area contributed by atoms with Gasteiger partial charge in [-0.25, -0.2) is 19.7 Å². The van der Waals surface area contributed by atoms with Crippen molar-refractivity contribution in [3.8, 4) is 0 Å². The van der Waals surface area contributed by atoms with E-state index in [9.17, 15) is 15.0 Å². The first kappa shape index (κ1) is 20.0. The zero-order chi connectivity index (χ0) is 21.5. The van der Waals surface area contributed by atoms with Crippen LogP contribution in [0.2, 0.25) is 0 Å². The SMILES string of the molecule is C=C(C)[C@@]1(O)[C@H](OC(=O)c2ccccc2)[C@@H](CO)O[C@H]1n1cnc2c(N)ncnc21. The number of carbonyl (C=O) groups excluding carboxylic acids is 1. The summed E-state index contributed by atoms with van der Waals surface area (Å²) in [6, 6.07) is 8.34. The summed E-state index contributed by atoms with van der Waals surface area (Å²) in [5.41, 5.74) is 5.20. The number of nitrogens with zero attached hydrogens (tertiary/aromatic N) is 4. The highest BCUT2D eigenvalue weighted by molar-refractivity contribution is 5.89. The number of benzene rings is 1. The molecule has 0 aliphatic carbocycles. The fraction of sp³-hybridized carbons (Fsp3) is 0.300. The van der Waals surface area contributed by atoms with E-state index in [0.717, 1.165) is 0 Å². The standard InChI is InChI=1S/C20H21N5O5/c1-11(2)20(28)15(30-18(27)12-6-4-3-5-7-12)13(8-26)29-19(20)25-10-24-14-16(21)22-9-23-17(14)25/h3-7,9-10,13,15,19,26,28H,1,8H2,2H3,(H2,21,22,23)/t13-,15-,19-,20-/m1/s1. The lowest BCUT2D eigenvalue weighted by Crippen LogP contribution is -2.50. The Morgan fingerprint density at radius 2 is 2.07 bits per heavy atom. The Balaban J connectivity index is 1.76. The van der Waals surface area contributed by atoms with E-state index in [1.165, 1.54) is 17.2 Å². The average molecular weight is 411 g/mol. The van der Waals surface area contributed by atoms with E-state index >= 15 is 0 Å². The molecule has 1 aliphatic heterocycles. The molecule has 156 valence electrons. The lowest BCUT2D eigenvalue weighted by Gasteiger charge is -2.34. The second-order valence-electron chi connectivity index (χ2n) is 7.09. The van der Waals surface area contributed by atoms with Crippen LogP contribution in [0.1, 0.15) is 23.5 Å². The van der Waals surface area contributed by atoms with Gasteiger partial charge in [0, 0.05) is 0 Å². The van der Waals surface area contributed by atoms with Gasteiger partial charge in [-0.1, -0.05) is 24.8 Å². The summed E-state index contributed by atoms with van der Waals surface area (Å²) in [7, 11) is 0. The third-order valence-electron chi connectivity index (χ3n) is 5.20. The molecule has 1 aliphatic rings. The third-order valence-corrected chi connectivity index (χ3v) is 5.20. The molecule has 1 fully saturated rings. The number of nitrogen functional groups attached to an aromatic ring is 1. The zero-order valence-corrected chi connectivity index (χ0v) is 16.2. The summed E-state index contributed by atoms with van der Waals surface area (Å²) in [6.45, 7) is 4.96. The lowest BCUT2D eigenvalue weighted by atomic mass is 9.87. The minimum atomic E-state index is -1.87. The van der Waals surface area contributed by atoms with Crippen LogP contribution in [0.15, 0.2) is 55.1 Å². The Morgan fingerprint density at radius 1 is 1.33 bits per heavy atom. The van der Waals surface area contributed by atoms with Crippen LogP contribution in [0.4, 0.5) is 5.82 Å². The number of nitrogens with two attached hydrogens (primary N) is 1. The highest BCUT2D eigenvalue weighted by atomic mass is 16.6. The fourth-order valence-corrected chi connectivity index (χ4v) is 3.60. The summed E-state index contributed by atoms with van der Waals surface area (Å²) >= 11 is 0. The maximum atomic E-state index is 12.7. The predicted octanol–water partition coefficient (Wildman–Crippen LogP) is 0.831. The number of ether oxygens (including phenoxy) is 2. The molecule has 30 heavy (non-hydrogen) atoms. The minimum Gasteiger partial charge on any atom is -0.452 e. The van der Waals surface area contributed by atoms with Gasteiger partial charge in [-0.2, -0.15) is 0 Å². The monoisotopic (exact) mass is 411 g/mol. The number of hydrogen-bond acceptors (Lipinski definition) is 9. The van der Waals surface area contributed by atoms with Crippen LogP contribution in [0.5, 0.6) is 0 Å². The summed E-state index contributed by atoms with van der Waals surface area (Å²) in [5, 5.41) is 21.5. The molecule has 0 saturated carbocycles. The summed E-state index contributed by atoms with van der Waals surface area (Å²) in [4.78, 5) is 24.9. The van der Waals surface area contributed by atoms with Gasteiger partial charge in [0.2, 0.25) is 0 Å². The molecule has 4 atom stereocenters. The van der Waals surface area contributed by atoms with Crippen LogP contribution < -0.4 is 5.73 Å². The molecule has 0 radical (unpaired) electrons. The van der Waals surface area contributed by atoms with Crippen LogP contribution in [0.3, 0.4) is 0 Å². The number of rotatable bonds is 5. The molecule has 1 aromatic carbocycles. The molecular weight excluding hydrogens is 390 g/mol. The van der Waals surface area contributed by atoms with Gasteiger partial charge in [-0.15, -0.1) is 0 Å². The third kappa shape index (κ3) is 3.02. The smallest absolute Gasteiger partial charge is 0.338 e. The van der Waals surface area contributed by atoms with E-state index in [1.807, 2.05) is 0 Å². The number of hydrogen-bond donors (Lipinski definition) is 3. The van der Waals surface area contributed by atoms with Crippen molar-refractivity contribution in [1.29, 1.82) is 0 Å². The number of imidazole rings is 1. The molecule has 10 nitrogen and oxygen atoms in total. The molecule has 4 rings (SSSR count). The number of aliphatic hydroxyl groups excluding tert-OH is 1. The molecule has 10 heteroatoms. The van der Waals surface area contributed by atoms with Gasteiger partial charge in [0.25, 0.3) is 0 Å². The van der Waals surface area contributed by atoms with E-state index < -0.39 is 36.6 Å². The van der Waals surface area contributed by atoms with Crippen LogP contribution in [0, 0.1) is 0 Å². The van der Waals surface area contributed by atoms with Crippen molar-refractivity contribution in [2.75, 3.05) is 12.3 Å². The summed E-state index contributed by atoms with van der Waals surface area (Å²) in [6.07, 6.45) is -0.707. The van der Waals surface area contributed by atoms with Gasteiger partial charge in [-0.3, -0.25) is 4.57 Å². The van der Waals surface area contributed by atoms with Gasteiger partial charge >= 0.3 is 5.97 Å². The fourth-order valence-electron chi connectivity index (χ4n) is 3.60. The second-order valence-corrected chi connectivity index (χ2v) is 7.09.